The van der Waals surface area contributed by atoms with Gasteiger partial charge in [-0.2, -0.15) is 0 Å². The second kappa shape index (κ2) is 24.2. The van der Waals surface area contributed by atoms with E-state index in [1.807, 2.05) is 64.1 Å². The minimum absolute atomic E-state index is 0.163. The number of ether oxygens (including phenoxy) is 1. The van der Waals surface area contributed by atoms with Crippen LogP contribution in [0.1, 0.15) is 127 Å². The summed E-state index contributed by atoms with van der Waals surface area (Å²) in [4.78, 5) is 0. The van der Waals surface area contributed by atoms with Gasteiger partial charge in [-0.25, -0.2) is 17.6 Å². The molecule has 52 heavy (non-hydrogen) atoms. The van der Waals surface area contributed by atoms with Crippen molar-refractivity contribution in [2.24, 2.45) is 0 Å². The topological polar surface area (TPSA) is 9.23 Å². The average Bonchev–Trinajstić information content (AvgIpc) is 3.12. The molecule has 6 heteroatoms. The molecule has 0 N–H and O–H groups in total. The number of rotatable bonds is 6. The first-order chi connectivity index (χ1) is 24.5. The van der Waals surface area contributed by atoms with Crippen LogP contribution < -0.4 is 4.74 Å². The smallest absolute Gasteiger partial charge is 0.159 e. The van der Waals surface area contributed by atoms with E-state index in [1.165, 1.54) is 41.0 Å². The predicted octanol–water partition coefficient (Wildman–Crippen LogP) is 15.3. The Hall–Kier alpha value is -4.09. The number of hydrogen-bond acceptors (Lipinski definition) is 1. The van der Waals surface area contributed by atoms with Gasteiger partial charge in [0, 0.05) is 0 Å². The number of hydrogen-bond donors (Lipinski definition) is 0. The molecule has 5 aromatic carbocycles. The first-order valence-corrected chi connectivity index (χ1v) is 18.2. The lowest BCUT2D eigenvalue weighted by Crippen LogP contribution is -1.90. The Morgan fingerprint density at radius 1 is 0.404 bits per heavy atom. The number of benzene rings is 5. The summed E-state index contributed by atoms with van der Waals surface area (Å²) in [5.41, 5.74) is 5.72. The first-order valence-electron chi connectivity index (χ1n) is 17.8. The van der Waals surface area contributed by atoms with Crippen molar-refractivity contribution in [1.82, 2.24) is 0 Å². The minimum atomic E-state index is -0.783. The summed E-state index contributed by atoms with van der Waals surface area (Å²) in [5, 5.41) is 0.189. The van der Waals surface area contributed by atoms with Crippen molar-refractivity contribution < 1.29 is 22.3 Å². The molecule has 0 saturated carbocycles. The fourth-order valence-electron chi connectivity index (χ4n) is 4.43. The highest BCUT2D eigenvalue weighted by Crippen LogP contribution is 2.21. The second-order valence-electron chi connectivity index (χ2n) is 13.9. The zero-order chi connectivity index (χ0) is 39.4. The van der Waals surface area contributed by atoms with Gasteiger partial charge in [0.1, 0.15) is 17.4 Å². The molecule has 0 aromatic heterocycles. The summed E-state index contributed by atoms with van der Waals surface area (Å²) in [5.74, 6) is 1.20. The van der Waals surface area contributed by atoms with Gasteiger partial charge in [0.05, 0.1) is 12.1 Å². The Kier molecular flexibility index (Phi) is 21.4. The quantitative estimate of drug-likeness (QED) is 0.158. The number of methoxy groups -OCH3 is 1. The van der Waals surface area contributed by atoms with Crippen LogP contribution in [0.15, 0.2) is 115 Å². The lowest BCUT2D eigenvalue weighted by molar-refractivity contribution is 0.414. The normalized spacial score (nSPS) is 10.4. The van der Waals surface area contributed by atoms with E-state index in [-0.39, 0.29) is 22.6 Å². The lowest BCUT2D eigenvalue weighted by Gasteiger charge is -2.06. The highest BCUT2D eigenvalue weighted by molar-refractivity contribution is 6.30. The molecule has 0 amide bonds. The molecule has 5 rings (SSSR count). The Labute approximate surface area is 316 Å². The zero-order valence-corrected chi connectivity index (χ0v) is 33.4. The van der Waals surface area contributed by atoms with Crippen molar-refractivity contribution in [2.45, 2.75) is 98.8 Å². The highest BCUT2D eigenvalue weighted by Gasteiger charge is 2.05. The molecule has 0 aliphatic carbocycles. The van der Waals surface area contributed by atoms with E-state index in [2.05, 4.69) is 77.9 Å². The molecule has 0 saturated heterocycles. The van der Waals surface area contributed by atoms with Gasteiger partial charge >= 0.3 is 0 Å². The van der Waals surface area contributed by atoms with Crippen LogP contribution >= 0.6 is 11.6 Å². The lowest BCUT2D eigenvalue weighted by atomic mass is 10.0. The van der Waals surface area contributed by atoms with E-state index < -0.39 is 11.6 Å². The maximum absolute atomic E-state index is 12.8. The molecule has 0 aliphatic rings. The second-order valence-corrected chi connectivity index (χ2v) is 14.3. The highest BCUT2D eigenvalue weighted by atomic mass is 35.5. The molecule has 0 heterocycles. The Balaban J connectivity index is 0.000000326. The fourth-order valence-corrected chi connectivity index (χ4v) is 4.55. The van der Waals surface area contributed by atoms with Crippen LogP contribution in [-0.4, -0.2) is 7.11 Å². The Bertz CT molecular complexity index is 1640. The molecule has 5 aromatic rings. The van der Waals surface area contributed by atoms with E-state index in [1.54, 1.807) is 19.2 Å². The molecule has 282 valence electrons. The van der Waals surface area contributed by atoms with Crippen molar-refractivity contribution in [3.8, 4) is 5.75 Å². The van der Waals surface area contributed by atoms with E-state index in [0.29, 0.717) is 23.7 Å². The van der Waals surface area contributed by atoms with Gasteiger partial charge in [0.2, 0.25) is 0 Å². The minimum Gasteiger partial charge on any atom is -0.497 e. The van der Waals surface area contributed by atoms with Crippen molar-refractivity contribution in [1.29, 1.82) is 0 Å². The van der Waals surface area contributed by atoms with E-state index in [0.717, 1.165) is 22.9 Å². The van der Waals surface area contributed by atoms with Crippen molar-refractivity contribution in [2.75, 3.05) is 7.11 Å². The molecular weight excluding hydrogens is 680 g/mol. The third-order valence-electron chi connectivity index (χ3n) is 7.98. The third-order valence-corrected chi connectivity index (χ3v) is 8.29. The summed E-state index contributed by atoms with van der Waals surface area (Å²) in [6, 6.07) is 34.2. The van der Waals surface area contributed by atoms with Crippen LogP contribution in [0, 0.1) is 23.3 Å². The standard InChI is InChI=1S/C10H14O.C9H10ClF.C9H10F2.C9H11F.C9H12/c1-8(2)9-5-4-6-10(7-9)11-3;2*1-6(2)7-3-4-8(10)9(11)5-7;1-7(2)8-3-5-9(10)6-4-8;1-8(2)9-6-4-3-5-7-9/h4-8H,1-3H3;2*3-6H,1-2H3;3-7H,1-2H3;3-8H,1-2H3. The van der Waals surface area contributed by atoms with E-state index >= 15 is 0 Å². The van der Waals surface area contributed by atoms with Crippen molar-refractivity contribution in [3.05, 3.63) is 171 Å². The van der Waals surface area contributed by atoms with Crippen LogP contribution in [0.5, 0.6) is 5.75 Å². The summed E-state index contributed by atoms with van der Waals surface area (Å²) in [6.07, 6.45) is 0. The molecule has 0 aliphatic heterocycles. The number of halogens is 5. The largest absolute Gasteiger partial charge is 0.497 e. The van der Waals surface area contributed by atoms with Gasteiger partial charge in [-0.3, -0.25) is 0 Å². The maximum atomic E-state index is 12.8. The average molecular weight is 737 g/mol. The van der Waals surface area contributed by atoms with Crippen molar-refractivity contribution >= 4 is 11.6 Å². The molecule has 0 radical (unpaired) electrons. The molecular formula is C46H57ClF4O. The first kappa shape index (κ1) is 45.9. The van der Waals surface area contributed by atoms with Gasteiger partial charge in [-0.1, -0.05) is 148 Å². The Morgan fingerprint density at radius 2 is 0.808 bits per heavy atom. The molecule has 0 bridgehead atoms. The van der Waals surface area contributed by atoms with Crippen LogP contribution in [0.4, 0.5) is 17.6 Å². The zero-order valence-electron chi connectivity index (χ0n) is 32.7. The SMILES string of the molecule is CC(C)c1ccc(Cl)c(F)c1.CC(C)c1ccc(F)c(F)c1.CC(C)c1ccc(F)cc1.CC(C)c1ccccc1.COc1cccc(C(C)C)c1. The summed E-state index contributed by atoms with van der Waals surface area (Å²) in [6.45, 7) is 20.8. The van der Waals surface area contributed by atoms with Gasteiger partial charge in [-0.15, -0.1) is 0 Å². The monoisotopic (exact) mass is 736 g/mol. The van der Waals surface area contributed by atoms with Crippen LogP contribution in [-0.2, 0) is 0 Å². The van der Waals surface area contributed by atoms with Gasteiger partial charge in [-0.05, 0) is 106 Å². The summed E-state index contributed by atoms with van der Waals surface area (Å²) < 4.78 is 55.2. The maximum Gasteiger partial charge on any atom is 0.159 e. The van der Waals surface area contributed by atoms with Crippen LogP contribution in [0.3, 0.4) is 0 Å². The Morgan fingerprint density at radius 3 is 1.23 bits per heavy atom. The molecule has 0 unspecified atom stereocenters. The molecule has 0 fully saturated rings. The molecule has 0 atom stereocenters. The summed E-state index contributed by atoms with van der Waals surface area (Å²) >= 11 is 5.51. The van der Waals surface area contributed by atoms with Crippen molar-refractivity contribution in [3.63, 3.8) is 0 Å². The predicted molar refractivity (Wildman–Crippen MR) is 214 cm³/mol. The third kappa shape index (κ3) is 17.9. The van der Waals surface area contributed by atoms with Crippen LogP contribution in [0.2, 0.25) is 5.02 Å². The molecule has 1 nitrogen and oxygen atoms in total. The van der Waals surface area contributed by atoms with E-state index in [4.69, 9.17) is 16.3 Å². The summed E-state index contributed by atoms with van der Waals surface area (Å²) in [7, 11) is 1.69. The van der Waals surface area contributed by atoms with Crippen LogP contribution in [0.25, 0.3) is 0 Å². The fraction of sp³-hybridized carbons (Fsp3) is 0.348. The van der Waals surface area contributed by atoms with Gasteiger partial charge in [0.15, 0.2) is 11.6 Å². The van der Waals surface area contributed by atoms with Gasteiger partial charge < -0.3 is 4.74 Å². The molecule has 0 spiro atoms. The van der Waals surface area contributed by atoms with Gasteiger partial charge in [0.25, 0.3) is 0 Å². The van der Waals surface area contributed by atoms with E-state index in [9.17, 15) is 17.6 Å².